The van der Waals surface area contributed by atoms with Crippen molar-refractivity contribution in [2.75, 3.05) is 13.6 Å². The molecule has 248 valence electrons. The Morgan fingerprint density at radius 3 is 1.98 bits per heavy atom. The quantitative estimate of drug-likeness (QED) is 0.160. The summed E-state index contributed by atoms with van der Waals surface area (Å²) in [7, 11) is 1.76. The highest BCUT2D eigenvalue weighted by molar-refractivity contribution is 8.17. The van der Waals surface area contributed by atoms with E-state index in [-0.39, 0.29) is 16.2 Å². The van der Waals surface area contributed by atoms with Gasteiger partial charge < -0.3 is 5.32 Å². The third-order valence-corrected chi connectivity index (χ3v) is 6.38. The second-order valence-corrected chi connectivity index (χ2v) is 11.6. The predicted octanol–water partition coefficient (Wildman–Crippen LogP) is 11.5. The van der Waals surface area contributed by atoms with Gasteiger partial charge in [0.15, 0.2) is 5.12 Å². The van der Waals surface area contributed by atoms with Gasteiger partial charge in [-0.3, -0.25) is 9.79 Å². The molecule has 2 aromatic rings. The van der Waals surface area contributed by atoms with Crippen LogP contribution in [0, 0.1) is 6.92 Å². The standard InChI is InChI=1S/C18H24N2OS.C12H14F4.2C3H8/c1-6-10-20-14(3)18(22-15(4)21)11-16-9-7-8-13(2)17(16)12-19-5;1-4-8-5-6-9(11(2,13)14)7-10(8)12(3,15)16;2*1-3-2/h7-9,11-12,20H,3,6,10H2,1-2,4-5H3;5-7H,4H2,1-3H3;2*3H2,1-2H3/b18-11-,19-12?;;;. The second-order valence-electron chi connectivity index (χ2n) is 10.4. The molecule has 0 aliphatic heterocycles. The first-order chi connectivity index (χ1) is 20.5. The summed E-state index contributed by atoms with van der Waals surface area (Å²) in [5.41, 5.74) is 3.75. The Hall–Kier alpha value is -2.87. The van der Waals surface area contributed by atoms with Crippen molar-refractivity contribution in [3.05, 3.63) is 87.0 Å². The van der Waals surface area contributed by atoms with Gasteiger partial charge in [-0.1, -0.05) is 103 Å². The summed E-state index contributed by atoms with van der Waals surface area (Å²) in [6, 6.07) is 9.53. The highest BCUT2D eigenvalue weighted by Gasteiger charge is 2.31. The van der Waals surface area contributed by atoms with Crippen molar-refractivity contribution < 1.29 is 22.4 Å². The van der Waals surface area contributed by atoms with Gasteiger partial charge in [-0.25, -0.2) is 17.6 Å². The molecule has 0 unspecified atom stereocenters. The number of hydrogen-bond acceptors (Lipinski definition) is 4. The van der Waals surface area contributed by atoms with Gasteiger partial charge in [-0.05, 0) is 48.6 Å². The smallest absolute Gasteiger partial charge is 0.270 e. The molecule has 0 saturated carbocycles. The zero-order chi connectivity index (χ0) is 34.5. The van der Waals surface area contributed by atoms with Crippen LogP contribution in [0.1, 0.15) is 115 Å². The van der Waals surface area contributed by atoms with E-state index < -0.39 is 11.8 Å². The zero-order valence-corrected chi connectivity index (χ0v) is 29.5. The fourth-order valence-corrected chi connectivity index (χ4v) is 4.23. The normalized spacial score (nSPS) is 11.4. The van der Waals surface area contributed by atoms with Crippen LogP contribution in [0.3, 0.4) is 0 Å². The minimum absolute atomic E-state index is 0.0454. The van der Waals surface area contributed by atoms with E-state index in [2.05, 4.69) is 64.5 Å². The Labute approximate surface area is 268 Å². The number of rotatable bonds is 10. The van der Waals surface area contributed by atoms with Crippen LogP contribution in [0.4, 0.5) is 17.6 Å². The number of aliphatic imine (C=N–C) groups is 1. The maximum absolute atomic E-state index is 13.2. The molecule has 0 aromatic heterocycles. The summed E-state index contributed by atoms with van der Waals surface area (Å²) in [6.07, 6.45) is 7.75. The first-order valence-corrected chi connectivity index (χ1v) is 16.0. The van der Waals surface area contributed by atoms with Crippen LogP contribution in [0.2, 0.25) is 0 Å². The summed E-state index contributed by atoms with van der Waals surface area (Å²) in [4.78, 5) is 16.5. The Kier molecular flexibility index (Phi) is 22.2. The summed E-state index contributed by atoms with van der Waals surface area (Å²) in [5, 5.41) is 3.30. The highest BCUT2D eigenvalue weighted by Crippen LogP contribution is 2.35. The van der Waals surface area contributed by atoms with E-state index in [0.29, 0.717) is 18.9 Å². The number of thioether (sulfide) groups is 1. The van der Waals surface area contributed by atoms with Gasteiger partial charge in [0.2, 0.25) is 0 Å². The first kappa shape index (κ1) is 43.3. The minimum atomic E-state index is -3.09. The molecule has 1 N–H and O–H groups in total. The third kappa shape index (κ3) is 17.4. The predicted molar refractivity (Wildman–Crippen MR) is 185 cm³/mol. The van der Waals surface area contributed by atoms with E-state index in [1.165, 1.54) is 36.7 Å². The number of carbonyl (C=O) groups excluding carboxylic acids is 1. The van der Waals surface area contributed by atoms with Gasteiger partial charge in [-0.2, -0.15) is 0 Å². The fraction of sp³-hybridized carbons (Fsp3) is 0.500. The Morgan fingerprint density at radius 2 is 1.55 bits per heavy atom. The third-order valence-electron chi connectivity index (χ3n) is 5.51. The van der Waals surface area contributed by atoms with Gasteiger partial charge in [0, 0.05) is 67.9 Å². The van der Waals surface area contributed by atoms with Gasteiger partial charge in [0.05, 0.1) is 0 Å². The lowest BCUT2D eigenvalue weighted by Crippen LogP contribution is -2.14. The van der Waals surface area contributed by atoms with Crippen molar-refractivity contribution in [3.63, 3.8) is 0 Å². The molecule has 0 fully saturated rings. The number of nitrogens with one attached hydrogen (secondary N) is 1. The van der Waals surface area contributed by atoms with Gasteiger partial charge in [0.25, 0.3) is 11.8 Å². The Bertz CT molecular complexity index is 1190. The summed E-state index contributed by atoms with van der Waals surface area (Å²) in [6.45, 7) is 22.2. The number of aryl methyl sites for hydroxylation is 2. The maximum Gasteiger partial charge on any atom is 0.270 e. The van der Waals surface area contributed by atoms with Crippen molar-refractivity contribution in [3.8, 4) is 0 Å². The topological polar surface area (TPSA) is 41.5 Å². The van der Waals surface area contributed by atoms with Crippen LogP contribution in [0.15, 0.2) is 58.6 Å². The summed E-state index contributed by atoms with van der Waals surface area (Å²) >= 11 is 1.20. The van der Waals surface area contributed by atoms with E-state index in [4.69, 9.17) is 0 Å². The molecule has 0 aliphatic rings. The molecule has 8 heteroatoms. The molecule has 0 atom stereocenters. The molecule has 3 nitrogen and oxygen atoms in total. The zero-order valence-electron chi connectivity index (χ0n) is 28.6. The Balaban J connectivity index is 0. The number of nitrogens with zero attached hydrogens (tertiary/aromatic N) is 1. The lowest BCUT2D eigenvalue weighted by Gasteiger charge is -2.18. The Morgan fingerprint density at radius 1 is 0.977 bits per heavy atom. The van der Waals surface area contributed by atoms with Crippen molar-refractivity contribution in [2.45, 2.75) is 107 Å². The lowest BCUT2D eigenvalue weighted by atomic mass is 9.96. The number of carbonyl (C=O) groups is 1. The van der Waals surface area contributed by atoms with Crippen molar-refractivity contribution in [1.29, 1.82) is 0 Å². The molecule has 0 saturated heterocycles. The van der Waals surface area contributed by atoms with E-state index in [1.54, 1.807) is 20.9 Å². The summed E-state index contributed by atoms with van der Waals surface area (Å²) < 4.78 is 52.5. The van der Waals surface area contributed by atoms with Gasteiger partial charge in [0.1, 0.15) is 0 Å². The molecule has 2 aromatic carbocycles. The van der Waals surface area contributed by atoms with Crippen LogP contribution in [-0.4, -0.2) is 24.9 Å². The lowest BCUT2D eigenvalue weighted by molar-refractivity contribution is -0.109. The molecule has 0 bridgehead atoms. The molecule has 0 amide bonds. The van der Waals surface area contributed by atoms with Gasteiger partial charge in [-0.15, -0.1) is 0 Å². The van der Waals surface area contributed by atoms with E-state index in [9.17, 15) is 22.4 Å². The van der Waals surface area contributed by atoms with E-state index >= 15 is 0 Å². The molecule has 0 radical (unpaired) electrons. The van der Waals surface area contributed by atoms with Crippen LogP contribution < -0.4 is 5.32 Å². The molecule has 0 aliphatic carbocycles. The number of alkyl halides is 4. The largest absolute Gasteiger partial charge is 0.385 e. The van der Waals surface area contributed by atoms with E-state index in [1.807, 2.05) is 24.4 Å². The number of benzene rings is 2. The molecule has 0 spiro atoms. The molecule has 44 heavy (non-hydrogen) atoms. The highest BCUT2D eigenvalue weighted by atomic mass is 32.2. The van der Waals surface area contributed by atoms with Crippen LogP contribution in [-0.2, 0) is 23.1 Å². The summed E-state index contributed by atoms with van der Waals surface area (Å²) in [5.74, 6) is -6.18. The fourth-order valence-electron chi connectivity index (χ4n) is 3.54. The number of hydrogen-bond donors (Lipinski definition) is 1. The SMILES string of the molecule is C=C(NCCC)/C(=C/c1cccc(C)c1C=NC)SC(C)=O.CCC.CCC.CCc1ccc(C(C)(F)F)cc1C(C)(F)F. The van der Waals surface area contributed by atoms with E-state index in [0.717, 1.165) is 53.2 Å². The van der Waals surface area contributed by atoms with Crippen molar-refractivity contribution >= 4 is 29.2 Å². The average molecular weight is 639 g/mol. The van der Waals surface area contributed by atoms with Crippen LogP contribution >= 0.6 is 11.8 Å². The monoisotopic (exact) mass is 638 g/mol. The molecule has 0 heterocycles. The second kappa shape index (κ2) is 22.6. The van der Waals surface area contributed by atoms with Gasteiger partial charge >= 0.3 is 0 Å². The van der Waals surface area contributed by atoms with Crippen molar-refractivity contribution in [1.82, 2.24) is 5.32 Å². The molecule has 2 rings (SSSR count). The molecular formula is C36H54F4N2OS. The number of halogens is 4. The maximum atomic E-state index is 13.2. The van der Waals surface area contributed by atoms with Crippen LogP contribution in [0.25, 0.3) is 6.08 Å². The average Bonchev–Trinajstić information content (AvgIpc) is 2.93. The minimum Gasteiger partial charge on any atom is -0.385 e. The first-order valence-electron chi connectivity index (χ1n) is 15.2. The van der Waals surface area contributed by atoms with Crippen LogP contribution in [0.5, 0.6) is 0 Å². The van der Waals surface area contributed by atoms with Crippen molar-refractivity contribution in [2.24, 2.45) is 4.99 Å². The molecular weight excluding hydrogens is 584 g/mol.